The minimum atomic E-state index is -3.94. The van der Waals surface area contributed by atoms with Gasteiger partial charge in [-0.1, -0.05) is 71.7 Å². The van der Waals surface area contributed by atoms with E-state index in [2.05, 4.69) is 10.3 Å². The van der Waals surface area contributed by atoms with Crippen molar-refractivity contribution in [2.24, 2.45) is 4.99 Å². The first-order valence-electron chi connectivity index (χ1n) is 10.9. The van der Waals surface area contributed by atoms with Crippen LogP contribution in [-0.4, -0.2) is 43.2 Å². The Morgan fingerprint density at radius 3 is 2.46 bits per heavy atom. The van der Waals surface area contributed by atoms with Gasteiger partial charge in [0.25, 0.3) is 0 Å². The summed E-state index contributed by atoms with van der Waals surface area (Å²) in [6, 6.07) is 20.9. The molecule has 0 spiro atoms. The van der Waals surface area contributed by atoms with Crippen molar-refractivity contribution in [1.82, 2.24) is 9.21 Å². The molecule has 180 valence electrons. The predicted octanol–water partition coefficient (Wildman–Crippen LogP) is 5.30. The van der Waals surface area contributed by atoms with Gasteiger partial charge in [0.05, 0.1) is 11.1 Å². The molecule has 0 aromatic heterocycles. The Bertz CT molecular complexity index is 1390. The minimum Gasteiger partial charge on any atom is -0.339 e. The minimum absolute atomic E-state index is 0.00176. The topological polar surface area (TPSA) is 88.8 Å². The third-order valence-electron chi connectivity index (χ3n) is 5.84. The molecule has 35 heavy (non-hydrogen) atoms. The number of rotatable bonds is 4. The quantitative estimate of drug-likeness (QED) is 0.282. The van der Waals surface area contributed by atoms with E-state index in [1.807, 2.05) is 72.6 Å². The van der Waals surface area contributed by atoms with Gasteiger partial charge in [-0.2, -0.15) is 9.57 Å². The van der Waals surface area contributed by atoms with Gasteiger partial charge < -0.3 is 10.2 Å². The SMILES string of the molecule is Cc1ccccc1N/C(=N/C#N)N1CCN(S(=O)(=O)c2ccc(Cl)cc2Cl)C(c2ccccc2)C1. The molecule has 1 unspecified atom stereocenters. The fourth-order valence-corrected chi connectivity index (χ4v) is 6.41. The second-order valence-corrected chi connectivity index (χ2v) is 10.7. The fourth-order valence-electron chi connectivity index (χ4n) is 4.06. The number of nitrogens with one attached hydrogen (secondary N) is 1. The van der Waals surface area contributed by atoms with E-state index in [1.165, 1.54) is 22.5 Å². The van der Waals surface area contributed by atoms with E-state index in [0.29, 0.717) is 17.5 Å². The number of halogens is 2. The van der Waals surface area contributed by atoms with Crippen molar-refractivity contribution >= 4 is 44.9 Å². The van der Waals surface area contributed by atoms with Crippen LogP contribution in [0.3, 0.4) is 0 Å². The Labute approximate surface area is 215 Å². The smallest absolute Gasteiger partial charge is 0.245 e. The summed E-state index contributed by atoms with van der Waals surface area (Å²) in [5.74, 6) is 0.365. The van der Waals surface area contributed by atoms with Crippen molar-refractivity contribution in [2.45, 2.75) is 17.9 Å². The average Bonchev–Trinajstić information content (AvgIpc) is 2.85. The molecule has 0 saturated carbocycles. The van der Waals surface area contributed by atoms with Gasteiger partial charge in [-0.15, -0.1) is 4.99 Å². The van der Waals surface area contributed by atoms with Crippen LogP contribution in [0.15, 0.2) is 82.7 Å². The third-order valence-corrected chi connectivity index (χ3v) is 8.47. The van der Waals surface area contributed by atoms with Crippen LogP contribution in [0.5, 0.6) is 0 Å². The lowest BCUT2D eigenvalue weighted by Crippen LogP contribution is -2.53. The van der Waals surface area contributed by atoms with E-state index >= 15 is 0 Å². The Morgan fingerprint density at radius 1 is 1.06 bits per heavy atom. The van der Waals surface area contributed by atoms with Crippen molar-refractivity contribution in [3.05, 3.63) is 94.0 Å². The molecule has 0 aliphatic carbocycles. The highest BCUT2D eigenvalue weighted by Gasteiger charge is 2.39. The molecular formula is C25H23Cl2N5O2S. The van der Waals surface area contributed by atoms with Crippen LogP contribution in [0.2, 0.25) is 10.0 Å². The largest absolute Gasteiger partial charge is 0.339 e. The maximum absolute atomic E-state index is 13.7. The molecule has 10 heteroatoms. The van der Waals surface area contributed by atoms with Crippen LogP contribution < -0.4 is 5.32 Å². The molecule has 1 heterocycles. The molecule has 0 amide bonds. The van der Waals surface area contributed by atoms with E-state index in [1.54, 1.807) is 0 Å². The lowest BCUT2D eigenvalue weighted by Gasteiger charge is -2.41. The van der Waals surface area contributed by atoms with Crippen LogP contribution in [0, 0.1) is 18.4 Å². The average molecular weight is 528 g/mol. The molecule has 1 atom stereocenters. The van der Waals surface area contributed by atoms with Gasteiger partial charge in [0.1, 0.15) is 4.90 Å². The Hall–Kier alpha value is -3.09. The van der Waals surface area contributed by atoms with E-state index in [-0.39, 0.29) is 23.0 Å². The summed E-state index contributed by atoms with van der Waals surface area (Å²) in [6.07, 6.45) is 1.86. The highest BCUT2D eigenvalue weighted by Crippen LogP contribution is 2.35. The molecule has 4 rings (SSSR count). The van der Waals surface area contributed by atoms with Crippen LogP contribution in [-0.2, 0) is 10.0 Å². The highest BCUT2D eigenvalue weighted by atomic mass is 35.5. The molecular weight excluding hydrogens is 505 g/mol. The third kappa shape index (κ3) is 5.44. The van der Waals surface area contributed by atoms with E-state index in [9.17, 15) is 13.7 Å². The molecule has 1 fully saturated rings. The van der Waals surface area contributed by atoms with Crippen molar-refractivity contribution in [3.63, 3.8) is 0 Å². The number of piperazine rings is 1. The summed E-state index contributed by atoms with van der Waals surface area (Å²) in [5, 5.41) is 13.0. The zero-order chi connectivity index (χ0) is 25.0. The number of nitriles is 1. The van der Waals surface area contributed by atoms with Gasteiger partial charge in [0, 0.05) is 30.3 Å². The van der Waals surface area contributed by atoms with Crippen LogP contribution >= 0.6 is 23.2 Å². The zero-order valence-electron chi connectivity index (χ0n) is 18.9. The lowest BCUT2D eigenvalue weighted by molar-refractivity contribution is 0.194. The van der Waals surface area contributed by atoms with Crippen LogP contribution in [0.25, 0.3) is 0 Å². The number of sulfonamides is 1. The van der Waals surface area contributed by atoms with Gasteiger partial charge in [0.2, 0.25) is 22.2 Å². The number of aliphatic imine (C=N–C) groups is 1. The number of benzene rings is 3. The number of aryl methyl sites for hydroxylation is 1. The first-order chi connectivity index (χ1) is 16.8. The van der Waals surface area contributed by atoms with Crippen LogP contribution in [0.1, 0.15) is 17.2 Å². The maximum Gasteiger partial charge on any atom is 0.245 e. The zero-order valence-corrected chi connectivity index (χ0v) is 21.2. The number of para-hydroxylation sites is 1. The van der Waals surface area contributed by atoms with Crippen molar-refractivity contribution < 1.29 is 8.42 Å². The Kier molecular flexibility index (Phi) is 7.63. The predicted molar refractivity (Wildman–Crippen MR) is 139 cm³/mol. The highest BCUT2D eigenvalue weighted by molar-refractivity contribution is 7.89. The number of guanidine groups is 1. The van der Waals surface area contributed by atoms with Crippen molar-refractivity contribution in [1.29, 1.82) is 5.26 Å². The number of hydrogen-bond acceptors (Lipinski definition) is 4. The van der Waals surface area contributed by atoms with E-state index in [0.717, 1.165) is 16.8 Å². The molecule has 1 aliphatic heterocycles. The fraction of sp³-hybridized carbons (Fsp3) is 0.200. The van der Waals surface area contributed by atoms with E-state index in [4.69, 9.17) is 23.2 Å². The van der Waals surface area contributed by atoms with Gasteiger partial charge in [0.15, 0.2) is 0 Å². The molecule has 0 radical (unpaired) electrons. The number of anilines is 1. The molecule has 3 aromatic rings. The molecule has 1 saturated heterocycles. The number of hydrogen-bond donors (Lipinski definition) is 1. The maximum atomic E-state index is 13.7. The Morgan fingerprint density at radius 2 is 1.77 bits per heavy atom. The summed E-state index contributed by atoms with van der Waals surface area (Å²) < 4.78 is 28.9. The molecule has 1 aliphatic rings. The monoisotopic (exact) mass is 527 g/mol. The summed E-state index contributed by atoms with van der Waals surface area (Å²) in [7, 11) is -3.94. The molecule has 0 bridgehead atoms. The van der Waals surface area contributed by atoms with Gasteiger partial charge in [-0.25, -0.2) is 8.42 Å². The lowest BCUT2D eigenvalue weighted by atomic mass is 10.0. The standard InChI is InChI=1S/C25H23Cl2N5O2S/c1-18-7-5-6-10-22(18)30-25(29-17-28)31-13-14-32(23(16-31)19-8-3-2-4-9-19)35(33,34)24-12-11-20(26)15-21(24)27/h2-12,15,23H,13-14,16H2,1H3,(H,29,30). The molecule has 1 N–H and O–H groups in total. The van der Waals surface area contributed by atoms with Crippen molar-refractivity contribution in [2.75, 3.05) is 25.0 Å². The summed E-state index contributed by atoms with van der Waals surface area (Å²) in [5.41, 5.74) is 2.63. The van der Waals surface area contributed by atoms with E-state index < -0.39 is 16.1 Å². The Balaban J connectivity index is 1.70. The normalized spacial score (nSPS) is 17.1. The van der Waals surface area contributed by atoms with Crippen LogP contribution in [0.4, 0.5) is 5.69 Å². The number of nitrogens with zero attached hydrogens (tertiary/aromatic N) is 4. The second kappa shape index (κ2) is 10.7. The van der Waals surface area contributed by atoms with Gasteiger partial charge >= 0.3 is 0 Å². The van der Waals surface area contributed by atoms with Gasteiger partial charge in [-0.3, -0.25) is 0 Å². The molecule has 3 aromatic carbocycles. The molecule has 7 nitrogen and oxygen atoms in total. The first-order valence-corrected chi connectivity index (χ1v) is 13.1. The first kappa shape index (κ1) is 25.0. The summed E-state index contributed by atoms with van der Waals surface area (Å²) in [6.45, 7) is 2.74. The second-order valence-electron chi connectivity index (χ2n) is 8.04. The summed E-state index contributed by atoms with van der Waals surface area (Å²) in [4.78, 5) is 5.91. The van der Waals surface area contributed by atoms with Crippen molar-refractivity contribution in [3.8, 4) is 6.19 Å². The van der Waals surface area contributed by atoms with Gasteiger partial charge in [-0.05, 0) is 42.3 Å². The summed E-state index contributed by atoms with van der Waals surface area (Å²) >= 11 is 12.3.